The molecule has 0 aliphatic heterocycles. The van der Waals surface area contributed by atoms with Crippen LogP contribution in [-0.2, 0) is 19.6 Å². The summed E-state index contributed by atoms with van der Waals surface area (Å²) in [5.74, 6) is 0.855. The van der Waals surface area contributed by atoms with E-state index >= 15 is 0 Å². The second kappa shape index (κ2) is 10.1. The molecule has 5 nitrogen and oxygen atoms in total. The molecule has 0 bridgehead atoms. The van der Waals surface area contributed by atoms with Crippen LogP contribution in [0.25, 0.3) is 0 Å². The Morgan fingerprint density at radius 1 is 1.00 bits per heavy atom. The Hall–Kier alpha value is -3.10. The molecule has 1 aromatic heterocycles. The quantitative estimate of drug-likeness (QED) is 0.557. The van der Waals surface area contributed by atoms with Crippen LogP contribution < -0.4 is 10.1 Å². The van der Waals surface area contributed by atoms with Crippen molar-refractivity contribution in [2.24, 2.45) is 0 Å². The van der Waals surface area contributed by atoms with Gasteiger partial charge in [-0.15, -0.1) is 0 Å². The first-order valence-corrected chi connectivity index (χ1v) is 9.18. The van der Waals surface area contributed by atoms with Crippen molar-refractivity contribution >= 4 is 0 Å². The number of unbranched alkanes of at least 4 members (excludes halogenated alkanes) is 1. The maximum absolute atomic E-state index is 8.56. The molecule has 0 saturated carbocycles. The number of rotatable bonds is 10. The number of aromatic nitrogens is 2. The van der Waals surface area contributed by atoms with E-state index in [0.717, 1.165) is 31.8 Å². The minimum absolute atomic E-state index is 0.528. The molecule has 3 aromatic rings. The first-order valence-electron chi connectivity index (χ1n) is 9.18. The number of nitrogens with zero attached hydrogens (tertiary/aromatic N) is 3. The molecule has 2 aromatic carbocycles. The van der Waals surface area contributed by atoms with E-state index < -0.39 is 0 Å². The number of nitrogens with one attached hydrogen (secondary N) is 1. The molecule has 27 heavy (non-hydrogen) atoms. The van der Waals surface area contributed by atoms with E-state index in [1.807, 2.05) is 35.1 Å². The first kappa shape index (κ1) is 18.7. The zero-order chi connectivity index (χ0) is 18.7. The number of hydrogen-bond acceptors (Lipinski definition) is 4. The molecule has 0 fully saturated rings. The summed E-state index contributed by atoms with van der Waals surface area (Å²) < 4.78 is 7.62. The largest absolute Gasteiger partial charge is 0.494 e. The van der Waals surface area contributed by atoms with Crippen LogP contribution in [0.4, 0.5) is 0 Å². The van der Waals surface area contributed by atoms with Crippen molar-refractivity contribution in [3.05, 3.63) is 83.7 Å². The second-order valence-corrected chi connectivity index (χ2v) is 6.38. The summed E-state index contributed by atoms with van der Waals surface area (Å²) in [5.41, 5.74) is 3.68. The van der Waals surface area contributed by atoms with E-state index in [1.54, 1.807) is 6.20 Å². The standard InChI is InChI=1S/C22H24N4O/c23-10-1-2-13-27-22-9-4-7-20(15-22)17-24-16-19-6-3-8-21(14-19)18-26-12-5-11-25-26/h3-9,11-12,14-15,24H,1-2,13,16-18H2. The van der Waals surface area contributed by atoms with Crippen molar-refractivity contribution in [1.29, 1.82) is 5.26 Å². The zero-order valence-electron chi connectivity index (χ0n) is 15.3. The molecule has 3 rings (SSSR count). The third kappa shape index (κ3) is 6.28. The lowest BCUT2D eigenvalue weighted by molar-refractivity contribution is 0.312. The molecule has 1 heterocycles. The van der Waals surface area contributed by atoms with Crippen molar-refractivity contribution in [2.75, 3.05) is 6.61 Å². The Balaban J connectivity index is 1.47. The summed E-state index contributed by atoms with van der Waals surface area (Å²) in [4.78, 5) is 0. The highest BCUT2D eigenvalue weighted by molar-refractivity contribution is 5.29. The van der Waals surface area contributed by atoms with Gasteiger partial charge in [-0.3, -0.25) is 4.68 Å². The maximum atomic E-state index is 8.56. The van der Waals surface area contributed by atoms with Crippen LogP contribution in [0.2, 0.25) is 0 Å². The topological polar surface area (TPSA) is 62.9 Å². The highest BCUT2D eigenvalue weighted by Crippen LogP contribution is 2.14. The number of hydrogen-bond donors (Lipinski definition) is 1. The summed E-state index contributed by atoms with van der Waals surface area (Å²) in [6, 6.07) is 20.7. The lowest BCUT2D eigenvalue weighted by Gasteiger charge is -2.09. The predicted molar refractivity (Wildman–Crippen MR) is 105 cm³/mol. The molecule has 0 atom stereocenters. The molecular weight excluding hydrogens is 336 g/mol. The smallest absolute Gasteiger partial charge is 0.119 e. The van der Waals surface area contributed by atoms with Crippen molar-refractivity contribution < 1.29 is 4.74 Å². The van der Waals surface area contributed by atoms with E-state index in [0.29, 0.717) is 13.0 Å². The Kier molecular flexibility index (Phi) is 7.02. The molecular formula is C22H24N4O. The third-order valence-corrected chi connectivity index (χ3v) is 4.15. The minimum Gasteiger partial charge on any atom is -0.494 e. The van der Waals surface area contributed by atoms with Gasteiger partial charge in [0.25, 0.3) is 0 Å². The molecule has 0 spiro atoms. The van der Waals surface area contributed by atoms with Gasteiger partial charge >= 0.3 is 0 Å². The van der Waals surface area contributed by atoms with Gasteiger partial charge in [0, 0.05) is 31.9 Å². The van der Waals surface area contributed by atoms with Gasteiger partial charge in [-0.2, -0.15) is 10.4 Å². The van der Waals surface area contributed by atoms with E-state index in [4.69, 9.17) is 10.00 Å². The van der Waals surface area contributed by atoms with E-state index in [1.165, 1.54) is 16.7 Å². The van der Waals surface area contributed by atoms with Gasteiger partial charge in [-0.1, -0.05) is 36.4 Å². The molecule has 0 saturated heterocycles. The Morgan fingerprint density at radius 3 is 2.56 bits per heavy atom. The van der Waals surface area contributed by atoms with E-state index in [-0.39, 0.29) is 0 Å². The molecule has 138 valence electrons. The summed E-state index contributed by atoms with van der Waals surface area (Å²) in [7, 11) is 0. The van der Waals surface area contributed by atoms with Crippen molar-refractivity contribution in [2.45, 2.75) is 32.5 Å². The highest BCUT2D eigenvalue weighted by Gasteiger charge is 2.00. The van der Waals surface area contributed by atoms with Crippen molar-refractivity contribution in [1.82, 2.24) is 15.1 Å². The molecule has 0 aliphatic rings. The zero-order valence-corrected chi connectivity index (χ0v) is 15.3. The first-order chi connectivity index (χ1) is 13.3. The van der Waals surface area contributed by atoms with Gasteiger partial charge in [0.05, 0.1) is 19.2 Å². The summed E-state index contributed by atoms with van der Waals surface area (Å²) >= 11 is 0. The molecule has 5 heteroatoms. The third-order valence-electron chi connectivity index (χ3n) is 4.15. The lowest BCUT2D eigenvalue weighted by atomic mass is 10.1. The van der Waals surface area contributed by atoms with Crippen LogP contribution in [0.1, 0.15) is 29.5 Å². The van der Waals surface area contributed by atoms with Gasteiger partial charge in [0.15, 0.2) is 0 Å². The fourth-order valence-corrected chi connectivity index (χ4v) is 2.86. The summed E-state index contributed by atoms with van der Waals surface area (Å²) in [6.07, 6.45) is 5.06. The van der Waals surface area contributed by atoms with Crippen molar-refractivity contribution in [3.8, 4) is 11.8 Å². The molecule has 0 amide bonds. The Morgan fingerprint density at radius 2 is 1.78 bits per heavy atom. The maximum Gasteiger partial charge on any atom is 0.119 e. The fourth-order valence-electron chi connectivity index (χ4n) is 2.86. The number of benzene rings is 2. The monoisotopic (exact) mass is 360 g/mol. The molecule has 0 radical (unpaired) electrons. The SMILES string of the molecule is N#CCCCOc1cccc(CNCc2cccc(Cn3cccn3)c2)c1. The number of ether oxygens (including phenoxy) is 1. The van der Waals surface area contributed by atoms with Crippen LogP contribution in [0, 0.1) is 11.3 Å². The Bertz CT molecular complexity index is 868. The van der Waals surface area contributed by atoms with Crippen LogP contribution in [0.3, 0.4) is 0 Å². The van der Waals surface area contributed by atoms with E-state index in [9.17, 15) is 0 Å². The predicted octanol–water partition coefficient (Wildman–Crippen LogP) is 3.90. The van der Waals surface area contributed by atoms with Gasteiger partial charge in [0.2, 0.25) is 0 Å². The second-order valence-electron chi connectivity index (χ2n) is 6.38. The normalized spacial score (nSPS) is 10.5. The average Bonchev–Trinajstić information content (AvgIpc) is 3.19. The molecule has 0 aliphatic carbocycles. The van der Waals surface area contributed by atoms with Crippen LogP contribution in [-0.4, -0.2) is 16.4 Å². The van der Waals surface area contributed by atoms with Crippen LogP contribution >= 0.6 is 0 Å². The van der Waals surface area contributed by atoms with E-state index in [2.05, 4.69) is 46.8 Å². The average molecular weight is 360 g/mol. The lowest BCUT2D eigenvalue weighted by Crippen LogP contribution is -2.13. The highest BCUT2D eigenvalue weighted by atomic mass is 16.5. The minimum atomic E-state index is 0.528. The van der Waals surface area contributed by atoms with Crippen LogP contribution in [0.15, 0.2) is 67.0 Å². The van der Waals surface area contributed by atoms with Gasteiger partial charge in [-0.25, -0.2) is 0 Å². The molecule has 0 unspecified atom stereocenters. The summed E-state index contributed by atoms with van der Waals surface area (Å²) in [6.45, 7) is 2.94. The fraction of sp³-hybridized carbons (Fsp3) is 0.273. The van der Waals surface area contributed by atoms with Gasteiger partial charge in [0.1, 0.15) is 5.75 Å². The number of nitriles is 1. The molecule has 1 N–H and O–H groups in total. The van der Waals surface area contributed by atoms with Crippen LogP contribution in [0.5, 0.6) is 5.75 Å². The summed E-state index contributed by atoms with van der Waals surface area (Å²) in [5, 5.41) is 16.3. The Labute approximate surface area is 160 Å². The van der Waals surface area contributed by atoms with Crippen molar-refractivity contribution in [3.63, 3.8) is 0 Å². The van der Waals surface area contributed by atoms with Gasteiger partial charge in [-0.05, 0) is 41.3 Å². The van der Waals surface area contributed by atoms with Gasteiger partial charge < -0.3 is 10.1 Å².